The van der Waals surface area contributed by atoms with Crippen molar-refractivity contribution in [3.05, 3.63) is 121 Å². The smallest absolute Gasteiger partial charge is 0.478 e. The number of nitrogens with one attached hydrogen (secondary N) is 2. The molecule has 8 bridgehead atoms. The number of carboxylic acids is 1. The molecule has 10 rings (SSSR count). The summed E-state index contributed by atoms with van der Waals surface area (Å²) in [5, 5.41) is 13.0. The molecule has 0 spiro atoms. The minimum Gasteiger partial charge on any atom is -0.478 e. The molecule has 3 aromatic heterocycles. The summed E-state index contributed by atoms with van der Waals surface area (Å²) < 4.78 is 6.35. The molecule has 8 aromatic rings. The molecule has 2 aliphatic heterocycles. The van der Waals surface area contributed by atoms with Gasteiger partial charge in [0.2, 0.25) is 0 Å². The molecule has 0 amide bonds. The number of carbonyl (C=O) groups is 1. The van der Waals surface area contributed by atoms with E-state index >= 15 is 0 Å². The number of hydrogen-bond donors (Lipinski definition) is 3. The van der Waals surface area contributed by atoms with E-state index in [0.717, 1.165) is 32.7 Å². The Bertz CT molecular complexity index is 2910. The Balaban J connectivity index is 0.00000348. The van der Waals surface area contributed by atoms with Crippen molar-refractivity contribution in [3.63, 3.8) is 0 Å². The quantitative estimate of drug-likeness (QED) is 0.153. The molecule has 5 aromatic carbocycles. The maximum absolute atomic E-state index is 11.7. The van der Waals surface area contributed by atoms with Crippen molar-refractivity contribution in [2.75, 3.05) is 0 Å². The number of rotatable bonds is 3. The number of fused-ring (bicyclic) bond motifs is 20. The second-order valence-electron chi connectivity index (χ2n) is 11.9. The van der Waals surface area contributed by atoms with Crippen LogP contribution >= 0.6 is 0 Å². The summed E-state index contributed by atoms with van der Waals surface area (Å²) in [6.45, 7) is 0. The van der Waals surface area contributed by atoms with Gasteiger partial charge in [0.15, 0.2) is 23.3 Å². The van der Waals surface area contributed by atoms with Crippen LogP contribution in [0, 0.1) is 0 Å². The van der Waals surface area contributed by atoms with Crippen LogP contribution in [0.15, 0.2) is 115 Å². The number of H-pyrrole nitrogens is 2. The van der Waals surface area contributed by atoms with E-state index in [1.807, 2.05) is 84.9 Å². The van der Waals surface area contributed by atoms with Crippen LogP contribution in [-0.4, -0.2) is 50.9 Å². The Kier molecular flexibility index (Phi) is 7.01. The van der Waals surface area contributed by atoms with Crippen LogP contribution in [0.3, 0.4) is 0 Å². The molecule has 51 heavy (non-hydrogen) atoms. The maximum atomic E-state index is 11.7. The van der Waals surface area contributed by atoms with Gasteiger partial charge in [-0.2, -0.15) is 0 Å². The van der Waals surface area contributed by atoms with Crippen molar-refractivity contribution in [1.82, 2.24) is 39.9 Å². The average Bonchev–Trinajstić information content (AvgIpc) is 3.88. The van der Waals surface area contributed by atoms with E-state index in [-0.39, 0.29) is 25.0 Å². The third kappa shape index (κ3) is 4.95. The number of aromatic nitrogens is 8. The Morgan fingerprint density at radius 2 is 0.961 bits per heavy atom. The number of aromatic amines is 2. The van der Waals surface area contributed by atoms with Gasteiger partial charge < -0.3 is 19.8 Å². The summed E-state index contributed by atoms with van der Waals surface area (Å²) in [5.41, 5.74) is 5.50. The second-order valence-corrected chi connectivity index (χ2v) is 11.9. The van der Waals surface area contributed by atoms with Crippen molar-refractivity contribution < 1.29 is 34.1 Å². The molecule has 0 radical (unpaired) electrons. The Morgan fingerprint density at radius 1 is 0.510 bits per heavy atom. The second kappa shape index (κ2) is 11.8. The minimum absolute atomic E-state index is 0. The molecular formula is C39H22N8O3Zn+2. The number of hydrogen-bond acceptors (Lipinski definition) is 8. The number of aromatic carboxylic acids is 1. The number of ether oxygens (including phenoxy) is 1. The molecule has 0 saturated carbocycles. The third-order valence-corrected chi connectivity index (χ3v) is 8.85. The zero-order chi connectivity index (χ0) is 33.3. The van der Waals surface area contributed by atoms with E-state index in [1.165, 1.54) is 12.1 Å². The molecule has 12 heteroatoms. The van der Waals surface area contributed by atoms with E-state index in [4.69, 9.17) is 34.6 Å². The van der Waals surface area contributed by atoms with Gasteiger partial charge in [0.1, 0.15) is 34.1 Å². The molecular weight excluding hydrogens is 694 g/mol. The normalized spacial score (nSPS) is 11.5. The van der Waals surface area contributed by atoms with Crippen LogP contribution in [0.4, 0.5) is 0 Å². The first-order valence-electron chi connectivity index (χ1n) is 15.8. The number of benzene rings is 5. The molecule has 236 valence electrons. The predicted octanol–water partition coefficient (Wildman–Crippen LogP) is 8.36. The van der Waals surface area contributed by atoms with Gasteiger partial charge in [-0.25, -0.2) is 34.7 Å². The SMILES string of the molecule is O=C(O)c1cccc(Oc2cccc3c2-c2nc-3nc3[nH]c(nc4nc(nc5[nH]c(n2)c2ccccc52)-c2ccccc2-4)c2ccccc32)c1.[Zn+2]. The van der Waals surface area contributed by atoms with Crippen LogP contribution in [-0.2, 0) is 19.5 Å². The third-order valence-electron chi connectivity index (χ3n) is 8.85. The molecule has 0 saturated heterocycles. The first kappa shape index (κ1) is 30.4. The largest absolute Gasteiger partial charge is 2.00 e. The summed E-state index contributed by atoms with van der Waals surface area (Å²) in [7, 11) is 0. The van der Waals surface area contributed by atoms with Gasteiger partial charge in [-0.15, -0.1) is 0 Å². The molecule has 11 nitrogen and oxygen atoms in total. The van der Waals surface area contributed by atoms with Gasteiger partial charge in [-0.3, -0.25) is 0 Å². The summed E-state index contributed by atoms with van der Waals surface area (Å²) in [6, 6.07) is 35.6. The predicted molar refractivity (Wildman–Crippen MR) is 190 cm³/mol. The average molecular weight is 716 g/mol. The van der Waals surface area contributed by atoms with E-state index in [9.17, 15) is 9.90 Å². The van der Waals surface area contributed by atoms with Crippen LogP contribution in [0.2, 0.25) is 0 Å². The van der Waals surface area contributed by atoms with Crippen LogP contribution < -0.4 is 4.74 Å². The standard InChI is InChI=1S/C39H22N8O3.Zn/c48-39(49)20-9-7-10-21(19-20)50-29-18-8-17-28-30(29)38-46-36-27-16-6-5-15-26(27)34(44-36)42-32-23-12-2-1-11-22(23)31(40-32)41-33-24-13-3-4-14-25(24)35(43-33)45-37(28)47-38;/h1-19H,(H,48,49)(H2,40,41,42,43,44,45,46,47);/q;+2. The number of carboxylic acid groups (broad SMARTS) is 1. The van der Waals surface area contributed by atoms with E-state index in [0.29, 0.717) is 68.5 Å². The summed E-state index contributed by atoms with van der Waals surface area (Å²) in [4.78, 5) is 48.7. The van der Waals surface area contributed by atoms with Crippen molar-refractivity contribution in [3.8, 4) is 57.1 Å². The van der Waals surface area contributed by atoms with Crippen LogP contribution in [0.1, 0.15) is 10.4 Å². The van der Waals surface area contributed by atoms with Gasteiger partial charge in [-0.05, 0) is 24.3 Å². The molecule has 2 aliphatic rings. The Labute approximate surface area is 300 Å². The van der Waals surface area contributed by atoms with Crippen LogP contribution in [0.25, 0.3) is 89.7 Å². The monoisotopic (exact) mass is 714 g/mol. The topological polar surface area (TPSA) is 155 Å². The first-order chi connectivity index (χ1) is 24.6. The fourth-order valence-corrected chi connectivity index (χ4v) is 6.56. The molecule has 5 heterocycles. The molecule has 3 N–H and O–H groups in total. The first-order valence-corrected chi connectivity index (χ1v) is 15.8. The van der Waals surface area contributed by atoms with Gasteiger partial charge in [0.25, 0.3) is 0 Å². The Morgan fingerprint density at radius 3 is 1.51 bits per heavy atom. The molecule has 0 unspecified atom stereocenters. The fourth-order valence-electron chi connectivity index (χ4n) is 6.56. The van der Waals surface area contributed by atoms with Crippen molar-refractivity contribution in [2.45, 2.75) is 0 Å². The van der Waals surface area contributed by atoms with Gasteiger partial charge in [0, 0.05) is 38.2 Å². The summed E-state index contributed by atoms with van der Waals surface area (Å²) in [6.07, 6.45) is 0. The zero-order valence-corrected chi connectivity index (χ0v) is 29.6. The molecule has 0 aliphatic carbocycles. The van der Waals surface area contributed by atoms with Crippen LogP contribution in [0.5, 0.6) is 11.5 Å². The van der Waals surface area contributed by atoms with Gasteiger partial charge in [0.05, 0.1) is 11.1 Å². The fraction of sp³-hybridized carbons (Fsp3) is 0. The van der Waals surface area contributed by atoms with Gasteiger partial charge in [-0.1, -0.05) is 91.0 Å². The summed E-state index contributed by atoms with van der Waals surface area (Å²) >= 11 is 0. The van der Waals surface area contributed by atoms with Crippen molar-refractivity contribution >= 4 is 50.1 Å². The van der Waals surface area contributed by atoms with Crippen molar-refractivity contribution in [1.29, 1.82) is 0 Å². The van der Waals surface area contributed by atoms with E-state index < -0.39 is 5.97 Å². The molecule has 0 atom stereocenters. The molecule has 0 fully saturated rings. The minimum atomic E-state index is -1.05. The number of nitrogens with zero attached hydrogens (tertiary/aromatic N) is 6. The van der Waals surface area contributed by atoms with Crippen molar-refractivity contribution in [2.24, 2.45) is 0 Å². The summed E-state index contributed by atoms with van der Waals surface area (Å²) in [5.74, 6) is 1.63. The van der Waals surface area contributed by atoms with E-state index in [1.54, 1.807) is 18.2 Å². The zero-order valence-electron chi connectivity index (χ0n) is 26.6. The Hall–Kier alpha value is -6.65. The van der Waals surface area contributed by atoms with Gasteiger partial charge >= 0.3 is 25.4 Å². The maximum Gasteiger partial charge on any atom is 2.00 e. The van der Waals surface area contributed by atoms with E-state index in [2.05, 4.69) is 9.97 Å².